The molecule has 0 spiro atoms. The highest BCUT2D eigenvalue weighted by Crippen LogP contribution is 2.47. The second-order valence-corrected chi connectivity index (χ2v) is 8.68. The van der Waals surface area contributed by atoms with Crippen molar-refractivity contribution in [1.82, 2.24) is 4.98 Å². The van der Waals surface area contributed by atoms with Crippen molar-refractivity contribution in [3.63, 3.8) is 0 Å². The summed E-state index contributed by atoms with van der Waals surface area (Å²) in [5.41, 5.74) is 2.32. The van der Waals surface area contributed by atoms with Gasteiger partial charge in [0, 0.05) is 22.7 Å². The van der Waals surface area contributed by atoms with Crippen molar-refractivity contribution < 1.29 is 24.5 Å². The van der Waals surface area contributed by atoms with Gasteiger partial charge in [-0.2, -0.15) is 0 Å². The predicted octanol–water partition coefficient (Wildman–Crippen LogP) is 5.47. The predicted molar refractivity (Wildman–Crippen MR) is 134 cm³/mol. The van der Waals surface area contributed by atoms with Crippen LogP contribution in [-0.2, 0) is 9.59 Å². The Morgan fingerprint density at radius 1 is 1.09 bits per heavy atom. The molecule has 1 amide bonds. The summed E-state index contributed by atoms with van der Waals surface area (Å²) >= 11 is 6.35. The Bertz CT molecular complexity index is 1540. The number of H-pyrrole nitrogens is 1. The number of ether oxygens (including phenoxy) is 1. The first-order valence-corrected chi connectivity index (χ1v) is 11.2. The largest absolute Gasteiger partial charge is 0.507 e. The Morgan fingerprint density at radius 3 is 2.54 bits per heavy atom. The lowest BCUT2D eigenvalue weighted by Gasteiger charge is -2.25. The minimum absolute atomic E-state index is 0.136. The maximum Gasteiger partial charge on any atom is 0.300 e. The van der Waals surface area contributed by atoms with Gasteiger partial charge in [0.25, 0.3) is 11.7 Å². The van der Waals surface area contributed by atoms with Crippen LogP contribution in [0.1, 0.15) is 22.7 Å². The highest BCUT2D eigenvalue weighted by Gasteiger charge is 2.48. The first-order chi connectivity index (χ1) is 16.8. The number of nitrogens with zero attached hydrogens (tertiary/aromatic N) is 1. The van der Waals surface area contributed by atoms with E-state index in [1.807, 2.05) is 24.3 Å². The van der Waals surface area contributed by atoms with Gasteiger partial charge in [-0.15, -0.1) is 0 Å². The molecular formula is C27H21ClN2O5. The molecule has 0 saturated carbocycles. The Morgan fingerprint density at radius 2 is 1.80 bits per heavy atom. The highest BCUT2D eigenvalue weighted by atomic mass is 35.5. The van der Waals surface area contributed by atoms with Crippen LogP contribution in [0.4, 0.5) is 5.69 Å². The number of benzene rings is 3. The molecule has 35 heavy (non-hydrogen) atoms. The Hall–Kier alpha value is -4.23. The number of aromatic hydroxyl groups is 1. The number of aliphatic hydroxyl groups excluding tert-OH is 1. The van der Waals surface area contributed by atoms with Crippen LogP contribution < -0.4 is 9.64 Å². The number of phenolic OH excluding ortho intramolecular Hbond substituents is 1. The number of phenols is 1. The van der Waals surface area contributed by atoms with Crippen molar-refractivity contribution >= 4 is 45.6 Å². The highest BCUT2D eigenvalue weighted by molar-refractivity contribution is 6.52. The smallest absolute Gasteiger partial charge is 0.300 e. The van der Waals surface area contributed by atoms with E-state index < -0.39 is 23.5 Å². The fraction of sp³-hybridized carbons (Fsp3) is 0.111. The number of amides is 1. The molecule has 1 atom stereocenters. The van der Waals surface area contributed by atoms with Crippen LogP contribution in [0.2, 0.25) is 5.02 Å². The van der Waals surface area contributed by atoms with E-state index >= 15 is 0 Å². The maximum atomic E-state index is 13.5. The third-order valence-corrected chi connectivity index (χ3v) is 6.43. The quantitative estimate of drug-likeness (QED) is 0.201. The molecule has 1 aromatic heterocycles. The van der Waals surface area contributed by atoms with Crippen LogP contribution >= 0.6 is 11.6 Å². The summed E-state index contributed by atoms with van der Waals surface area (Å²) in [7, 11) is 1.41. The molecule has 1 aliphatic rings. The zero-order valence-corrected chi connectivity index (χ0v) is 19.6. The molecule has 4 aromatic rings. The van der Waals surface area contributed by atoms with E-state index in [2.05, 4.69) is 4.98 Å². The summed E-state index contributed by atoms with van der Waals surface area (Å²) < 4.78 is 5.42. The van der Waals surface area contributed by atoms with Crippen LogP contribution in [0.15, 0.2) is 72.4 Å². The van der Waals surface area contributed by atoms with Gasteiger partial charge in [0.1, 0.15) is 17.3 Å². The molecule has 7 nitrogen and oxygen atoms in total. The van der Waals surface area contributed by atoms with Gasteiger partial charge >= 0.3 is 0 Å². The van der Waals surface area contributed by atoms with E-state index in [-0.39, 0.29) is 33.3 Å². The monoisotopic (exact) mass is 488 g/mol. The van der Waals surface area contributed by atoms with Crippen LogP contribution in [0, 0.1) is 6.92 Å². The van der Waals surface area contributed by atoms with Crippen molar-refractivity contribution in [3.8, 4) is 11.5 Å². The van der Waals surface area contributed by atoms with Gasteiger partial charge in [-0.25, -0.2) is 0 Å². The first-order valence-electron chi connectivity index (χ1n) is 10.8. The number of aromatic nitrogens is 1. The zero-order valence-electron chi connectivity index (χ0n) is 18.9. The number of fused-ring (bicyclic) bond motifs is 1. The van der Waals surface area contributed by atoms with Crippen molar-refractivity contribution in [1.29, 1.82) is 0 Å². The lowest BCUT2D eigenvalue weighted by molar-refractivity contribution is -0.132. The van der Waals surface area contributed by atoms with E-state index in [9.17, 15) is 19.8 Å². The minimum Gasteiger partial charge on any atom is -0.507 e. The number of nitrogens with one attached hydrogen (secondary N) is 1. The van der Waals surface area contributed by atoms with Crippen LogP contribution in [0.3, 0.4) is 0 Å². The molecule has 5 rings (SSSR count). The second-order valence-electron chi connectivity index (χ2n) is 8.27. The molecule has 8 heteroatoms. The average molecular weight is 489 g/mol. The molecule has 176 valence electrons. The van der Waals surface area contributed by atoms with E-state index in [1.165, 1.54) is 18.1 Å². The standard InChI is InChI=1S/C27H21ClN2O5/c1-14-11-16(26(35-2)18(28)12-14)24(32)22-23(17-13-29-19-8-4-3-7-15(17)19)30(27(34)25(22)33)20-9-5-6-10-21(20)31/h3-13,23,29,31-32H,1-2H3/b24-22+. The summed E-state index contributed by atoms with van der Waals surface area (Å²) in [6.45, 7) is 1.79. The number of halogens is 1. The number of Topliss-reactive ketones (excluding diaryl/α,β-unsaturated/α-hetero) is 1. The number of rotatable bonds is 4. The molecule has 1 aliphatic heterocycles. The fourth-order valence-electron chi connectivity index (χ4n) is 4.62. The van der Waals surface area contributed by atoms with Gasteiger partial charge < -0.3 is 19.9 Å². The van der Waals surface area contributed by atoms with Crippen molar-refractivity contribution in [2.75, 3.05) is 12.0 Å². The lowest BCUT2D eigenvalue weighted by atomic mass is 9.94. The van der Waals surface area contributed by atoms with Gasteiger partial charge in [-0.3, -0.25) is 14.5 Å². The zero-order chi connectivity index (χ0) is 24.9. The molecule has 0 aliphatic carbocycles. The Balaban J connectivity index is 1.84. The normalized spacial score (nSPS) is 17.3. The fourth-order valence-corrected chi connectivity index (χ4v) is 4.97. The number of anilines is 1. The molecule has 1 fully saturated rings. The molecule has 1 unspecified atom stereocenters. The molecule has 0 radical (unpaired) electrons. The number of para-hydroxylation sites is 3. The van der Waals surface area contributed by atoms with Crippen molar-refractivity contribution in [2.24, 2.45) is 0 Å². The van der Waals surface area contributed by atoms with E-state index in [0.717, 1.165) is 16.5 Å². The average Bonchev–Trinajstić information content (AvgIpc) is 3.37. The summed E-state index contributed by atoms with van der Waals surface area (Å²) in [5.74, 6) is -2.17. The molecule has 1 saturated heterocycles. The molecule has 3 aromatic carbocycles. The van der Waals surface area contributed by atoms with Gasteiger partial charge in [-0.1, -0.05) is 41.9 Å². The SMILES string of the molecule is COc1c(Cl)cc(C)cc1/C(O)=C1\C(=O)C(=O)N(c2ccccc2O)C1c1c[nH]c2ccccc12. The van der Waals surface area contributed by atoms with E-state index in [1.54, 1.807) is 43.5 Å². The van der Waals surface area contributed by atoms with E-state index in [0.29, 0.717) is 5.56 Å². The first kappa shape index (κ1) is 22.6. The van der Waals surface area contributed by atoms with Gasteiger partial charge in [0.2, 0.25) is 0 Å². The maximum absolute atomic E-state index is 13.5. The number of aryl methyl sites for hydroxylation is 1. The van der Waals surface area contributed by atoms with Crippen LogP contribution in [-0.4, -0.2) is 34.0 Å². The van der Waals surface area contributed by atoms with Gasteiger partial charge in [0.15, 0.2) is 0 Å². The summed E-state index contributed by atoms with van der Waals surface area (Å²) in [4.78, 5) is 31.2. The van der Waals surface area contributed by atoms with Gasteiger partial charge in [0.05, 0.1) is 35.0 Å². The third kappa shape index (κ3) is 3.52. The third-order valence-electron chi connectivity index (χ3n) is 6.15. The second kappa shape index (κ2) is 8.52. The summed E-state index contributed by atoms with van der Waals surface area (Å²) in [6, 6.07) is 16.0. The molecule has 2 heterocycles. The number of hydrogen-bond acceptors (Lipinski definition) is 5. The molecule has 3 N–H and O–H groups in total. The van der Waals surface area contributed by atoms with Crippen molar-refractivity contribution in [2.45, 2.75) is 13.0 Å². The Labute approximate surface area is 205 Å². The summed E-state index contributed by atoms with van der Waals surface area (Å²) in [5, 5.41) is 23.1. The van der Waals surface area contributed by atoms with Crippen LogP contribution in [0.5, 0.6) is 11.5 Å². The topological polar surface area (TPSA) is 103 Å². The number of ketones is 1. The van der Waals surface area contributed by atoms with Gasteiger partial charge in [-0.05, 0) is 42.8 Å². The Kier molecular flexibility index (Phi) is 5.49. The summed E-state index contributed by atoms with van der Waals surface area (Å²) in [6.07, 6.45) is 1.70. The number of methoxy groups -OCH3 is 1. The molecule has 0 bridgehead atoms. The number of aromatic amines is 1. The van der Waals surface area contributed by atoms with Crippen molar-refractivity contribution in [3.05, 3.63) is 94.1 Å². The number of aliphatic hydroxyl groups is 1. The number of hydrogen-bond donors (Lipinski definition) is 3. The molecular weight excluding hydrogens is 468 g/mol. The lowest BCUT2D eigenvalue weighted by Crippen LogP contribution is -2.29. The number of carbonyl (C=O) groups excluding carboxylic acids is 2. The van der Waals surface area contributed by atoms with Crippen LogP contribution in [0.25, 0.3) is 16.7 Å². The minimum atomic E-state index is -1.02. The number of carbonyl (C=O) groups is 2. The van der Waals surface area contributed by atoms with E-state index in [4.69, 9.17) is 16.3 Å².